The van der Waals surface area contributed by atoms with E-state index in [2.05, 4.69) is 10.6 Å². The molecule has 0 aromatic heterocycles. The maximum atomic E-state index is 12.7. The molecule has 0 fully saturated rings. The molecule has 7 nitrogen and oxygen atoms in total. The lowest BCUT2D eigenvalue weighted by Crippen LogP contribution is -2.37. The number of amides is 2. The van der Waals surface area contributed by atoms with E-state index in [9.17, 15) is 18.0 Å². The van der Waals surface area contributed by atoms with Gasteiger partial charge in [-0.15, -0.1) is 0 Å². The second-order valence-electron chi connectivity index (χ2n) is 5.21. The minimum atomic E-state index is -3.65. The van der Waals surface area contributed by atoms with Gasteiger partial charge in [-0.25, -0.2) is 8.42 Å². The zero-order valence-corrected chi connectivity index (χ0v) is 15.4. The van der Waals surface area contributed by atoms with Gasteiger partial charge in [-0.05, 0) is 31.5 Å². The maximum Gasteiger partial charge on any atom is 0.251 e. The zero-order valence-electron chi connectivity index (χ0n) is 14.5. The molecule has 0 bridgehead atoms. The quantitative estimate of drug-likeness (QED) is 0.724. The number of sulfonamides is 1. The summed E-state index contributed by atoms with van der Waals surface area (Å²) in [7, 11) is -3.65. The first-order chi connectivity index (χ1) is 11.3. The maximum absolute atomic E-state index is 12.7. The molecule has 0 radical (unpaired) electrons. The molecule has 24 heavy (non-hydrogen) atoms. The summed E-state index contributed by atoms with van der Waals surface area (Å²) in [6.45, 7) is 8.03. The van der Waals surface area contributed by atoms with Crippen molar-refractivity contribution in [3.63, 3.8) is 0 Å². The summed E-state index contributed by atoms with van der Waals surface area (Å²) in [5, 5.41) is 5.05. The van der Waals surface area contributed by atoms with Crippen LogP contribution in [0.15, 0.2) is 23.1 Å². The van der Waals surface area contributed by atoms with Crippen LogP contribution in [0.25, 0.3) is 0 Å². The summed E-state index contributed by atoms with van der Waals surface area (Å²) in [5.41, 5.74) is 0.776. The fourth-order valence-electron chi connectivity index (χ4n) is 2.24. The minimum Gasteiger partial charge on any atom is -0.355 e. The van der Waals surface area contributed by atoms with Crippen LogP contribution in [0.5, 0.6) is 0 Å². The second-order valence-corrected chi connectivity index (χ2v) is 7.11. The highest BCUT2D eigenvalue weighted by atomic mass is 32.2. The van der Waals surface area contributed by atoms with Crippen molar-refractivity contribution in [3.8, 4) is 0 Å². The topological polar surface area (TPSA) is 95.6 Å². The molecule has 0 unspecified atom stereocenters. The molecule has 1 aromatic rings. The first-order valence-electron chi connectivity index (χ1n) is 7.93. The van der Waals surface area contributed by atoms with E-state index in [1.165, 1.54) is 10.4 Å². The van der Waals surface area contributed by atoms with Gasteiger partial charge >= 0.3 is 0 Å². The Morgan fingerprint density at radius 3 is 2.25 bits per heavy atom. The highest BCUT2D eigenvalue weighted by Gasteiger charge is 2.24. The molecule has 0 atom stereocenters. The van der Waals surface area contributed by atoms with E-state index in [0.717, 1.165) is 0 Å². The number of likely N-dealkylation sites (N-methyl/N-ethyl adjacent to an activating group) is 1. The lowest BCUT2D eigenvalue weighted by Gasteiger charge is -2.20. The van der Waals surface area contributed by atoms with Crippen molar-refractivity contribution in [2.75, 3.05) is 26.2 Å². The van der Waals surface area contributed by atoms with Crippen LogP contribution in [-0.4, -0.2) is 50.7 Å². The van der Waals surface area contributed by atoms with Crippen LogP contribution in [0.4, 0.5) is 0 Å². The van der Waals surface area contributed by atoms with Crippen LogP contribution < -0.4 is 10.6 Å². The number of hydrogen-bond donors (Lipinski definition) is 2. The van der Waals surface area contributed by atoms with E-state index in [-0.39, 0.29) is 22.9 Å². The predicted octanol–water partition coefficient (Wildman–Crippen LogP) is 0.891. The van der Waals surface area contributed by atoms with E-state index in [0.29, 0.717) is 25.2 Å². The van der Waals surface area contributed by atoms with Gasteiger partial charge in [-0.2, -0.15) is 4.31 Å². The van der Waals surface area contributed by atoms with E-state index < -0.39 is 15.9 Å². The third kappa shape index (κ3) is 4.78. The van der Waals surface area contributed by atoms with Crippen LogP contribution in [0.1, 0.15) is 36.7 Å². The van der Waals surface area contributed by atoms with Crippen LogP contribution in [0.3, 0.4) is 0 Å². The third-order valence-electron chi connectivity index (χ3n) is 3.56. The Bertz CT molecular complexity index is 697. The van der Waals surface area contributed by atoms with E-state index in [4.69, 9.17) is 0 Å². The smallest absolute Gasteiger partial charge is 0.251 e. The number of aryl methyl sites for hydroxylation is 1. The zero-order chi connectivity index (χ0) is 18.3. The van der Waals surface area contributed by atoms with Crippen LogP contribution in [0.2, 0.25) is 0 Å². The van der Waals surface area contributed by atoms with Crippen molar-refractivity contribution in [2.24, 2.45) is 0 Å². The van der Waals surface area contributed by atoms with Gasteiger partial charge < -0.3 is 10.6 Å². The van der Waals surface area contributed by atoms with Gasteiger partial charge in [0.15, 0.2) is 0 Å². The normalized spacial score (nSPS) is 11.4. The lowest BCUT2D eigenvalue weighted by molar-refractivity contribution is -0.120. The number of rotatable bonds is 8. The molecular formula is C16H25N3O4S. The van der Waals surface area contributed by atoms with Gasteiger partial charge in [0.1, 0.15) is 0 Å². The molecular weight excluding hydrogens is 330 g/mol. The Labute approximate surface area is 143 Å². The molecule has 0 aliphatic carbocycles. The fourth-order valence-corrected chi connectivity index (χ4v) is 3.95. The Morgan fingerprint density at radius 1 is 1.08 bits per heavy atom. The van der Waals surface area contributed by atoms with Crippen LogP contribution >= 0.6 is 0 Å². The lowest BCUT2D eigenvalue weighted by atomic mass is 10.1. The molecule has 1 aromatic carbocycles. The number of nitrogens with zero attached hydrogens (tertiary/aromatic N) is 1. The summed E-state index contributed by atoms with van der Waals surface area (Å²) < 4.78 is 26.7. The number of hydrogen-bond acceptors (Lipinski definition) is 4. The number of benzene rings is 1. The molecule has 2 N–H and O–H groups in total. The van der Waals surface area contributed by atoms with E-state index in [1.54, 1.807) is 39.8 Å². The second kappa shape index (κ2) is 8.79. The highest BCUT2D eigenvalue weighted by Crippen LogP contribution is 2.21. The number of carbonyl (C=O) groups excluding carboxylic acids is 2. The van der Waals surface area contributed by atoms with Gasteiger partial charge in [0.25, 0.3) is 5.91 Å². The Hall–Kier alpha value is -1.93. The first kappa shape index (κ1) is 20.1. The molecule has 2 amide bonds. The summed E-state index contributed by atoms with van der Waals surface area (Å²) in [5.74, 6) is -0.786. The van der Waals surface area contributed by atoms with Crippen molar-refractivity contribution >= 4 is 21.8 Å². The van der Waals surface area contributed by atoms with Crippen LogP contribution in [-0.2, 0) is 14.8 Å². The highest BCUT2D eigenvalue weighted by molar-refractivity contribution is 7.89. The van der Waals surface area contributed by atoms with Gasteiger partial charge in [0, 0.05) is 25.2 Å². The number of carbonyl (C=O) groups is 2. The average Bonchev–Trinajstić information content (AvgIpc) is 2.54. The summed E-state index contributed by atoms with van der Waals surface area (Å²) in [6, 6.07) is 4.50. The number of nitrogens with one attached hydrogen (secondary N) is 2. The Kier molecular flexibility index (Phi) is 7.37. The van der Waals surface area contributed by atoms with Crippen LogP contribution in [0, 0.1) is 6.92 Å². The first-order valence-corrected chi connectivity index (χ1v) is 9.37. The third-order valence-corrected chi connectivity index (χ3v) is 5.75. The molecule has 8 heteroatoms. The molecule has 0 aliphatic heterocycles. The summed E-state index contributed by atoms with van der Waals surface area (Å²) >= 11 is 0. The fraction of sp³-hybridized carbons (Fsp3) is 0.500. The molecule has 1 rings (SSSR count). The molecule has 0 saturated heterocycles. The van der Waals surface area contributed by atoms with Crippen molar-refractivity contribution in [1.82, 2.24) is 14.9 Å². The van der Waals surface area contributed by atoms with Gasteiger partial charge in [0.05, 0.1) is 11.4 Å². The molecule has 0 saturated carbocycles. The van der Waals surface area contributed by atoms with E-state index >= 15 is 0 Å². The molecule has 0 spiro atoms. The molecule has 134 valence electrons. The standard InChI is InChI=1S/C16H25N3O4S/c1-5-17-15(20)11-18-16(21)13-9-8-12(4)14(10-13)24(22,23)19(6-2)7-3/h8-10H,5-7,11H2,1-4H3,(H,17,20)(H,18,21). The van der Waals surface area contributed by atoms with Gasteiger partial charge in [0.2, 0.25) is 15.9 Å². The molecule has 0 aliphatic rings. The summed E-state index contributed by atoms with van der Waals surface area (Å²) in [4.78, 5) is 23.7. The Balaban J connectivity index is 3.05. The van der Waals surface area contributed by atoms with Gasteiger partial charge in [-0.1, -0.05) is 19.9 Å². The average molecular weight is 355 g/mol. The van der Waals surface area contributed by atoms with Crippen molar-refractivity contribution < 1.29 is 18.0 Å². The Morgan fingerprint density at radius 2 is 1.71 bits per heavy atom. The monoisotopic (exact) mass is 355 g/mol. The molecule has 0 heterocycles. The summed E-state index contributed by atoms with van der Waals surface area (Å²) in [6.07, 6.45) is 0. The van der Waals surface area contributed by atoms with Crippen molar-refractivity contribution in [3.05, 3.63) is 29.3 Å². The largest absolute Gasteiger partial charge is 0.355 e. The van der Waals surface area contributed by atoms with Crippen molar-refractivity contribution in [2.45, 2.75) is 32.6 Å². The van der Waals surface area contributed by atoms with E-state index in [1.807, 2.05) is 0 Å². The SMILES string of the molecule is CCNC(=O)CNC(=O)c1ccc(C)c(S(=O)(=O)N(CC)CC)c1. The predicted molar refractivity (Wildman–Crippen MR) is 92.3 cm³/mol. The minimum absolute atomic E-state index is 0.108. The van der Waals surface area contributed by atoms with Crippen molar-refractivity contribution in [1.29, 1.82) is 0 Å². The van der Waals surface area contributed by atoms with Gasteiger partial charge in [-0.3, -0.25) is 9.59 Å².